The van der Waals surface area contributed by atoms with Gasteiger partial charge in [0.05, 0.1) is 9.92 Å². The first-order valence-electron chi connectivity index (χ1n) is 9.59. The Morgan fingerprint density at radius 3 is 2.62 bits per heavy atom. The molecule has 0 bridgehead atoms. The number of aromatic nitrogens is 2. The van der Waals surface area contributed by atoms with Crippen molar-refractivity contribution in [1.29, 1.82) is 0 Å². The summed E-state index contributed by atoms with van der Waals surface area (Å²) in [6.45, 7) is 0.468. The molecule has 2 aromatic carbocycles. The average Bonchev–Trinajstić information content (AvgIpc) is 3.28. The Morgan fingerprint density at radius 2 is 1.91 bits per heavy atom. The van der Waals surface area contributed by atoms with E-state index in [-0.39, 0.29) is 27.4 Å². The van der Waals surface area contributed by atoms with Gasteiger partial charge in [0.2, 0.25) is 15.0 Å². The molecule has 0 radical (unpaired) electrons. The van der Waals surface area contributed by atoms with Crippen LogP contribution in [0.15, 0.2) is 47.4 Å². The number of benzene rings is 2. The third kappa shape index (κ3) is 4.80. The van der Waals surface area contributed by atoms with E-state index in [1.165, 1.54) is 34.6 Å². The van der Waals surface area contributed by atoms with E-state index in [1.807, 2.05) is 0 Å². The lowest BCUT2D eigenvalue weighted by Crippen LogP contribution is -2.39. The molecule has 0 saturated carbocycles. The fraction of sp³-hybridized carbons (Fsp3) is 0.250. The number of halogens is 3. The van der Waals surface area contributed by atoms with E-state index in [4.69, 9.17) is 11.6 Å². The van der Waals surface area contributed by atoms with E-state index >= 15 is 0 Å². The molecule has 7 nitrogen and oxygen atoms in total. The highest BCUT2D eigenvalue weighted by Crippen LogP contribution is 2.32. The van der Waals surface area contributed by atoms with Gasteiger partial charge in [-0.1, -0.05) is 22.9 Å². The molecule has 1 aromatic heterocycles. The zero-order chi connectivity index (χ0) is 22.9. The van der Waals surface area contributed by atoms with Crippen molar-refractivity contribution in [3.63, 3.8) is 0 Å². The van der Waals surface area contributed by atoms with Crippen LogP contribution in [0, 0.1) is 11.6 Å². The SMILES string of the molecule is O=C(Nc1ccc(F)cc1)c1nnc([C@@H]2CCCN(S(=O)(=O)c3ccc(F)c(Cl)c3)C2)s1. The molecule has 1 aliphatic heterocycles. The zero-order valence-electron chi connectivity index (χ0n) is 16.5. The molecular formula is C20H17ClF2N4O3S2. The molecule has 0 aliphatic carbocycles. The Morgan fingerprint density at radius 1 is 1.16 bits per heavy atom. The van der Waals surface area contributed by atoms with Crippen LogP contribution in [0.3, 0.4) is 0 Å². The average molecular weight is 499 g/mol. The first kappa shape index (κ1) is 22.7. The summed E-state index contributed by atoms with van der Waals surface area (Å²) in [7, 11) is -3.87. The standard InChI is InChI=1S/C20H17ClF2N4O3S2/c21-16-10-15(7-8-17(16)23)32(29,30)27-9-1-2-12(11-27)19-25-26-20(31-19)18(28)24-14-5-3-13(22)4-6-14/h3-8,10,12H,1-2,9,11H2,(H,24,28)/t12-/m1/s1. The number of sulfonamides is 1. The van der Waals surface area contributed by atoms with Gasteiger partial charge in [-0.25, -0.2) is 17.2 Å². The highest BCUT2D eigenvalue weighted by atomic mass is 35.5. The molecule has 4 rings (SSSR count). The first-order chi connectivity index (χ1) is 15.2. The second-order valence-corrected chi connectivity index (χ2v) is 10.5. The van der Waals surface area contributed by atoms with Crippen LogP contribution in [0.5, 0.6) is 0 Å². The van der Waals surface area contributed by atoms with Crippen LogP contribution in [0.25, 0.3) is 0 Å². The fourth-order valence-electron chi connectivity index (χ4n) is 3.36. The highest BCUT2D eigenvalue weighted by Gasteiger charge is 2.33. The van der Waals surface area contributed by atoms with Gasteiger partial charge in [-0.05, 0) is 55.3 Å². The summed E-state index contributed by atoms with van der Waals surface area (Å²) in [5, 5.41) is 11.0. The normalized spacial score (nSPS) is 17.3. The van der Waals surface area contributed by atoms with Crippen molar-refractivity contribution in [2.45, 2.75) is 23.7 Å². The molecule has 3 aromatic rings. The van der Waals surface area contributed by atoms with Crippen LogP contribution in [-0.2, 0) is 10.0 Å². The Kier molecular flexibility index (Phi) is 6.52. The second kappa shape index (κ2) is 9.18. The number of hydrogen-bond acceptors (Lipinski definition) is 6. The molecule has 2 heterocycles. The van der Waals surface area contributed by atoms with Crippen LogP contribution in [-0.4, -0.2) is 41.9 Å². The molecule has 0 unspecified atom stereocenters. The topological polar surface area (TPSA) is 92.3 Å². The molecule has 1 saturated heterocycles. The van der Waals surface area contributed by atoms with Crippen molar-refractivity contribution in [2.75, 3.05) is 18.4 Å². The lowest BCUT2D eigenvalue weighted by Gasteiger charge is -2.30. The minimum atomic E-state index is -3.87. The van der Waals surface area contributed by atoms with Gasteiger partial charge in [-0.3, -0.25) is 4.79 Å². The van der Waals surface area contributed by atoms with Crippen molar-refractivity contribution in [3.05, 3.63) is 69.1 Å². The van der Waals surface area contributed by atoms with Crippen molar-refractivity contribution >= 4 is 44.6 Å². The summed E-state index contributed by atoms with van der Waals surface area (Å²) in [6, 6.07) is 8.62. The van der Waals surface area contributed by atoms with Crippen LogP contribution >= 0.6 is 22.9 Å². The number of carbonyl (C=O) groups is 1. The molecule has 1 amide bonds. The number of nitrogens with one attached hydrogen (secondary N) is 1. The molecular weight excluding hydrogens is 482 g/mol. The van der Waals surface area contributed by atoms with Gasteiger partial charge >= 0.3 is 0 Å². The molecule has 12 heteroatoms. The quantitative estimate of drug-likeness (QED) is 0.566. The highest BCUT2D eigenvalue weighted by molar-refractivity contribution is 7.89. The van der Waals surface area contributed by atoms with Gasteiger partial charge in [0.1, 0.15) is 16.6 Å². The third-order valence-corrected chi connectivity index (χ3v) is 8.23. The van der Waals surface area contributed by atoms with Crippen LogP contribution in [0.2, 0.25) is 5.02 Å². The van der Waals surface area contributed by atoms with Crippen LogP contribution in [0.1, 0.15) is 33.6 Å². The van der Waals surface area contributed by atoms with E-state index in [0.29, 0.717) is 30.1 Å². The van der Waals surface area contributed by atoms with Gasteiger partial charge in [0.15, 0.2) is 0 Å². The Hall–Kier alpha value is -2.47. The number of rotatable bonds is 5. The molecule has 1 fully saturated rings. The first-order valence-corrected chi connectivity index (χ1v) is 12.2. The number of hydrogen-bond donors (Lipinski definition) is 1. The number of piperidine rings is 1. The number of amides is 1. The van der Waals surface area contributed by atoms with Crippen molar-refractivity contribution in [3.8, 4) is 0 Å². The minimum absolute atomic E-state index is 0.0822. The maximum atomic E-state index is 13.4. The smallest absolute Gasteiger partial charge is 0.286 e. The Labute approximate surface area is 192 Å². The van der Waals surface area contributed by atoms with Gasteiger partial charge in [-0.2, -0.15) is 4.31 Å². The van der Waals surface area contributed by atoms with Crippen LogP contribution in [0.4, 0.5) is 14.5 Å². The van der Waals surface area contributed by atoms with Crippen molar-refractivity contribution in [1.82, 2.24) is 14.5 Å². The van der Waals surface area contributed by atoms with Gasteiger partial charge in [0, 0.05) is 24.7 Å². The summed E-state index contributed by atoms with van der Waals surface area (Å²) < 4.78 is 53.7. The number of carbonyl (C=O) groups excluding carboxylic acids is 1. The van der Waals surface area contributed by atoms with E-state index in [0.717, 1.165) is 23.5 Å². The molecule has 32 heavy (non-hydrogen) atoms. The predicted molar refractivity (Wildman–Crippen MR) is 116 cm³/mol. The molecule has 168 valence electrons. The molecule has 1 aliphatic rings. The van der Waals surface area contributed by atoms with E-state index in [1.54, 1.807) is 0 Å². The van der Waals surface area contributed by atoms with E-state index in [9.17, 15) is 22.0 Å². The monoisotopic (exact) mass is 498 g/mol. The molecule has 1 N–H and O–H groups in total. The summed E-state index contributed by atoms with van der Waals surface area (Å²) in [4.78, 5) is 12.3. The number of anilines is 1. The Bertz CT molecular complexity index is 1250. The predicted octanol–water partition coefficient (Wildman–Crippen LogP) is 4.29. The zero-order valence-corrected chi connectivity index (χ0v) is 18.9. The third-order valence-electron chi connectivity index (χ3n) is 5.00. The fourth-order valence-corrected chi connectivity index (χ4v) is 6.02. The van der Waals surface area contributed by atoms with Crippen LogP contribution < -0.4 is 5.32 Å². The maximum Gasteiger partial charge on any atom is 0.286 e. The van der Waals surface area contributed by atoms with Gasteiger partial charge < -0.3 is 5.32 Å². The van der Waals surface area contributed by atoms with Gasteiger partial charge in [-0.15, -0.1) is 10.2 Å². The summed E-state index contributed by atoms with van der Waals surface area (Å²) >= 11 is 6.83. The summed E-state index contributed by atoms with van der Waals surface area (Å²) in [6.07, 6.45) is 1.28. The summed E-state index contributed by atoms with van der Waals surface area (Å²) in [5.41, 5.74) is 0.418. The lowest BCUT2D eigenvalue weighted by molar-refractivity contribution is 0.102. The van der Waals surface area contributed by atoms with E-state index < -0.39 is 27.6 Å². The molecule has 0 spiro atoms. The maximum absolute atomic E-state index is 13.4. The van der Waals surface area contributed by atoms with Gasteiger partial charge in [0.25, 0.3) is 5.91 Å². The number of nitrogens with zero attached hydrogens (tertiary/aromatic N) is 3. The van der Waals surface area contributed by atoms with Crippen molar-refractivity contribution < 1.29 is 22.0 Å². The van der Waals surface area contributed by atoms with Crippen molar-refractivity contribution in [2.24, 2.45) is 0 Å². The van der Waals surface area contributed by atoms with E-state index in [2.05, 4.69) is 15.5 Å². The largest absolute Gasteiger partial charge is 0.320 e. The lowest BCUT2D eigenvalue weighted by atomic mass is 10.0. The molecule has 1 atom stereocenters. The summed E-state index contributed by atoms with van der Waals surface area (Å²) in [5.74, 6) is -1.83. The Balaban J connectivity index is 1.48. The second-order valence-electron chi connectivity index (χ2n) is 7.18. The minimum Gasteiger partial charge on any atom is -0.320 e.